The minimum Gasteiger partial charge on any atom is -0.454 e. The monoisotopic (exact) mass is 401 g/mol. The Morgan fingerprint density at radius 3 is 2.25 bits per heavy atom. The number of hydrazine groups is 1. The zero-order valence-electron chi connectivity index (χ0n) is 14.4. The van der Waals surface area contributed by atoms with Crippen molar-refractivity contribution < 1.29 is 27.5 Å². The smallest absolute Gasteiger partial charge is 0.269 e. The first-order valence-electron chi connectivity index (χ1n) is 7.94. The number of terminal acetylenes is 1. The molecule has 0 saturated heterocycles. The molecule has 28 heavy (non-hydrogen) atoms. The SMILES string of the molecule is C#CCNS(=O)(=O)c1ccc(C(=O)NNC(=O)c2ccc3c(c2)OCO3)cc1. The highest BCUT2D eigenvalue weighted by molar-refractivity contribution is 7.89. The first kappa shape index (κ1) is 19.2. The molecule has 1 aliphatic rings. The average molecular weight is 401 g/mol. The van der Waals surface area contributed by atoms with Crippen LogP contribution >= 0.6 is 0 Å². The Morgan fingerprint density at radius 2 is 1.57 bits per heavy atom. The van der Waals surface area contributed by atoms with Crippen LogP contribution in [0.1, 0.15) is 20.7 Å². The quantitative estimate of drug-likeness (QED) is 0.492. The van der Waals surface area contributed by atoms with E-state index in [1.165, 1.54) is 36.4 Å². The maximum atomic E-state index is 12.1. The predicted octanol–water partition coefficient (Wildman–Crippen LogP) is 0.402. The van der Waals surface area contributed by atoms with Gasteiger partial charge in [0.15, 0.2) is 11.5 Å². The lowest BCUT2D eigenvalue weighted by molar-refractivity contribution is 0.0846. The molecule has 144 valence electrons. The Hall–Kier alpha value is -3.55. The lowest BCUT2D eigenvalue weighted by atomic mass is 10.2. The lowest BCUT2D eigenvalue weighted by Gasteiger charge is -2.09. The van der Waals surface area contributed by atoms with Crippen molar-refractivity contribution in [2.75, 3.05) is 13.3 Å². The second-order valence-electron chi connectivity index (χ2n) is 5.53. The summed E-state index contributed by atoms with van der Waals surface area (Å²) in [5, 5.41) is 0. The number of carbonyl (C=O) groups is 2. The van der Waals surface area contributed by atoms with Crippen LogP contribution in [0.25, 0.3) is 0 Å². The zero-order valence-corrected chi connectivity index (χ0v) is 15.2. The summed E-state index contributed by atoms with van der Waals surface area (Å²) in [4.78, 5) is 24.2. The third-order valence-electron chi connectivity index (χ3n) is 3.72. The van der Waals surface area contributed by atoms with Gasteiger partial charge in [-0.15, -0.1) is 6.42 Å². The second kappa shape index (κ2) is 7.99. The van der Waals surface area contributed by atoms with Crippen LogP contribution in [0.3, 0.4) is 0 Å². The molecule has 0 fully saturated rings. The number of fused-ring (bicyclic) bond motifs is 1. The lowest BCUT2D eigenvalue weighted by Crippen LogP contribution is -2.41. The molecule has 3 rings (SSSR count). The molecule has 0 saturated carbocycles. The number of sulfonamides is 1. The van der Waals surface area contributed by atoms with E-state index in [1.54, 1.807) is 6.07 Å². The van der Waals surface area contributed by atoms with E-state index in [9.17, 15) is 18.0 Å². The summed E-state index contributed by atoms with van der Waals surface area (Å²) >= 11 is 0. The van der Waals surface area contributed by atoms with E-state index in [0.717, 1.165) is 0 Å². The van der Waals surface area contributed by atoms with Crippen LogP contribution in [0.4, 0.5) is 0 Å². The maximum absolute atomic E-state index is 12.1. The van der Waals surface area contributed by atoms with E-state index in [0.29, 0.717) is 11.5 Å². The van der Waals surface area contributed by atoms with Crippen molar-refractivity contribution in [3.63, 3.8) is 0 Å². The van der Waals surface area contributed by atoms with Crippen LogP contribution in [-0.2, 0) is 10.0 Å². The number of hydrogen-bond donors (Lipinski definition) is 3. The third kappa shape index (κ3) is 4.22. The van der Waals surface area contributed by atoms with Crippen LogP contribution < -0.4 is 25.0 Å². The predicted molar refractivity (Wildman–Crippen MR) is 98.0 cm³/mol. The van der Waals surface area contributed by atoms with Gasteiger partial charge in [-0.1, -0.05) is 5.92 Å². The Labute approximate surface area is 161 Å². The maximum Gasteiger partial charge on any atom is 0.269 e. The van der Waals surface area contributed by atoms with Gasteiger partial charge >= 0.3 is 0 Å². The van der Waals surface area contributed by atoms with Gasteiger partial charge in [0.2, 0.25) is 16.8 Å². The molecule has 3 N–H and O–H groups in total. The van der Waals surface area contributed by atoms with Crippen LogP contribution in [-0.4, -0.2) is 33.6 Å². The molecule has 1 heterocycles. The largest absolute Gasteiger partial charge is 0.454 e. The molecule has 10 heteroatoms. The van der Waals surface area contributed by atoms with Crippen molar-refractivity contribution in [1.82, 2.24) is 15.6 Å². The molecule has 0 unspecified atom stereocenters. The normalized spacial score (nSPS) is 12.1. The molecular formula is C18H15N3O6S. The van der Waals surface area contributed by atoms with Crippen molar-refractivity contribution in [3.8, 4) is 23.8 Å². The second-order valence-corrected chi connectivity index (χ2v) is 7.30. The van der Waals surface area contributed by atoms with Gasteiger partial charge in [-0.05, 0) is 42.5 Å². The summed E-state index contributed by atoms with van der Waals surface area (Å²) in [7, 11) is -3.75. The number of amides is 2. The Kier molecular flexibility index (Phi) is 5.49. The highest BCUT2D eigenvalue weighted by Gasteiger charge is 2.17. The van der Waals surface area contributed by atoms with Gasteiger partial charge < -0.3 is 9.47 Å². The zero-order chi connectivity index (χ0) is 20.1. The Bertz CT molecular complexity index is 1060. The molecule has 1 aliphatic heterocycles. The molecule has 0 aromatic heterocycles. The van der Waals surface area contributed by atoms with Gasteiger partial charge in [0, 0.05) is 11.1 Å². The highest BCUT2D eigenvalue weighted by Crippen LogP contribution is 2.32. The molecule has 2 amide bonds. The summed E-state index contributed by atoms with van der Waals surface area (Å²) in [6.45, 7) is -0.0580. The van der Waals surface area contributed by atoms with Gasteiger partial charge in [0.1, 0.15) is 0 Å². The summed E-state index contributed by atoms with van der Waals surface area (Å²) in [5.41, 5.74) is 4.95. The van der Waals surface area contributed by atoms with Crippen LogP contribution in [0.15, 0.2) is 47.4 Å². The number of ether oxygens (including phenoxy) is 2. The number of benzene rings is 2. The number of hydrogen-bond acceptors (Lipinski definition) is 6. The van der Waals surface area contributed by atoms with E-state index >= 15 is 0 Å². The minimum atomic E-state index is -3.75. The fraction of sp³-hybridized carbons (Fsp3) is 0.111. The first-order valence-corrected chi connectivity index (χ1v) is 9.42. The fourth-order valence-electron chi connectivity index (χ4n) is 2.30. The molecule has 0 atom stereocenters. The molecule has 2 aromatic rings. The summed E-state index contributed by atoms with van der Waals surface area (Å²) < 4.78 is 36.4. The van der Waals surface area contributed by atoms with Gasteiger partial charge in [0.25, 0.3) is 11.8 Å². The van der Waals surface area contributed by atoms with Crippen molar-refractivity contribution >= 4 is 21.8 Å². The number of carbonyl (C=O) groups excluding carboxylic acids is 2. The topological polar surface area (TPSA) is 123 Å². The van der Waals surface area contributed by atoms with E-state index in [1.807, 2.05) is 0 Å². The molecular weight excluding hydrogens is 386 g/mol. The molecule has 0 bridgehead atoms. The average Bonchev–Trinajstić information content (AvgIpc) is 3.18. The number of rotatable bonds is 5. The van der Waals surface area contributed by atoms with Crippen molar-refractivity contribution in [1.29, 1.82) is 0 Å². The standard InChI is InChI=1S/C18H15N3O6S/c1-2-9-19-28(24,25)14-6-3-12(4-7-14)17(22)20-21-18(23)13-5-8-15-16(10-13)27-11-26-15/h1,3-8,10,19H,9,11H2,(H,20,22)(H,21,23). The minimum absolute atomic E-state index is 0.0382. The van der Waals surface area contributed by atoms with Gasteiger partial charge in [-0.3, -0.25) is 20.4 Å². The summed E-state index contributed by atoms with van der Waals surface area (Å²) in [6, 6.07) is 9.75. The van der Waals surface area contributed by atoms with Crippen molar-refractivity contribution in [2.45, 2.75) is 4.90 Å². The van der Waals surface area contributed by atoms with Gasteiger partial charge in [0.05, 0.1) is 11.4 Å². The van der Waals surface area contributed by atoms with E-state index in [4.69, 9.17) is 15.9 Å². The molecule has 0 aliphatic carbocycles. The summed E-state index contributed by atoms with van der Waals surface area (Å²) in [5.74, 6) is 1.97. The number of nitrogens with one attached hydrogen (secondary N) is 3. The molecule has 0 spiro atoms. The van der Waals surface area contributed by atoms with E-state index in [-0.39, 0.29) is 29.4 Å². The summed E-state index contributed by atoms with van der Waals surface area (Å²) in [6.07, 6.45) is 5.03. The first-order chi connectivity index (χ1) is 13.4. The Morgan fingerprint density at radius 1 is 0.964 bits per heavy atom. The molecule has 2 aromatic carbocycles. The van der Waals surface area contributed by atoms with Gasteiger partial charge in [-0.25, -0.2) is 8.42 Å². The third-order valence-corrected chi connectivity index (χ3v) is 5.13. The fourth-order valence-corrected chi connectivity index (χ4v) is 3.24. The van der Waals surface area contributed by atoms with E-state index in [2.05, 4.69) is 21.5 Å². The van der Waals surface area contributed by atoms with E-state index < -0.39 is 21.8 Å². The van der Waals surface area contributed by atoms with Gasteiger partial charge in [-0.2, -0.15) is 4.72 Å². The van der Waals surface area contributed by atoms with Crippen molar-refractivity contribution in [3.05, 3.63) is 53.6 Å². The Balaban J connectivity index is 1.60. The molecule has 0 radical (unpaired) electrons. The van der Waals surface area contributed by atoms with Crippen LogP contribution in [0.5, 0.6) is 11.5 Å². The molecule has 9 nitrogen and oxygen atoms in total. The van der Waals surface area contributed by atoms with Crippen LogP contribution in [0, 0.1) is 12.3 Å². The highest BCUT2D eigenvalue weighted by atomic mass is 32.2. The van der Waals surface area contributed by atoms with Crippen molar-refractivity contribution in [2.24, 2.45) is 0 Å². The van der Waals surface area contributed by atoms with Crippen LogP contribution in [0.2, 0.25) is 0 Å².